The molecule has 0 saturated carbocycles. The monoisotopic (exact) mass is 360 g/mol. The number of thiophene rings is 1. The number of aryl methyl sites for hydroxylation is 1. The van der Waals surface area contributed by atoms with Gasteiger partial charge in [0.2, 0.25) is 5.91 Å². The van der Waals surface area contributed by atoms with Crippen LogP contribution >= 0.6 is 11.3 Å². The number of halogens is 1. The number of para-hydroxylation sites is 1. The molecule has 1 aromatic carbocycles. The molecule has 7 nitrogen and oxygen atoms in total. The first kappa shape index (κ1) is 16.8. The Balaban J connectivity index is 1.92. The highest BCUT2D eigenvalue weighted by molar-refractivity contribution is 7.20. The second-order valence-electron chi connectivity index (χ2n) is 5.31. The summed E-state index contributed by atoms with van der Waals surface area (Å²) in [6.45, 7) is 1.27. The van der Waals surface area contributed by atoms with E-state index in [2.05, 4.69) is 10.3 Å². The number of nitrogens with two attached hydrogens (primary N) is 1. The number of nitrogens with zero attached hydrogens (tertiary/aromatic N) is 2. The Morgan fingerprint density at radius 3 is 2.76 bits per heavy atom. The number of hydrogen-bond acceptors (Lipinski definition) is 5. The Labute approximate surface area is 144 Å². The van der Waals surface area contributed by atoms with E-state index in [1.54, 1.807) is 13.0 Å². The minimum absolute atomic E-state index is 0.0253. The number of fused-ring (bicyclic) bond motifs is 1. The van der Waals surface area contributed by atoms with Gasteiger partial charge in [0.15, 0.2) is 0 Å². The van der Waals surface area contributed by atoms with Crippen LogP contribution in [0.15, 0.2) is 35.4 Å². The van der Waals surface area contributed by atoms with E-state index in [1.807, 2.05) is 0 Å². The van der Waals surface area contributed by atoms with Gasteiger partial charge in [-0.1, -0.05) is 12.1 Å². The highest BCUT2D eigenvalue weighted by Crippen LogP contribution is 2.26. The molecule has 2 aromatic heterocycles. The molecule has 0 fully saturated rings. The van der Waals surface area contributed by atoms with Crippen molar-refractivity contribution in [3.63, 3.8) is 0 Å². The van der Waals surface area contributed by atoms with Crippen LogP contribution in [0.25, 0.3) is 10.2 Å². The number of carbonyl (C=O) groups excluding carboxylic acids is 2. The lowest BCUT2D eigenvalue weighted by molar-refractivity contribution is -0.116. The van der Waals surface area contributed by atoms with Crippen molar-refractivity contribution in [2.75, 3.05) is 5.32 Å². The van der Waals surface area contributed by atoms with Crippen molar-refractivity contribution < 1.29 is 14.0 Å². The molecule has 3 N–H and O–H groups in total. The van der Waals surface area contributed by atoms with Crippen LogP contribution in [0, 0.1) is 12.7 Å². The predicted octanol–water partition coefficient (Wildman–Crippen LogP) is 1.64. The second-order valence-corrected chi connectivity index (χ2v) is 6.31. The predicted molar refractivity (Wildman–Crippen MR) is 92.2 cm³/mol. The average Bonchev–Trinajstić information content (AvgIpc) is 2.90. The van der Waals surface area contributed by atoms with Gasteiger partial charge in [-0.2, -0.15) is 0 Å². The maximum atomic E-state index is 13.6. The third kappa shape index (κ3) is 3.13. The summed E-state index contributed by atoms with van der Waals surface area (Å²) >= 11 is 1.03. The van der Waals surface area contributed by atoms with Crippen molar-refractivity contribution in [3.8, 4) is 0 Å². The summed E-state index contributed by atoms with van der Waals surface area (Å²) in [4.78, 5) is 40.8. The normalized spacial score (nSPS) is 10.8. The summed E-state index contributed by atoms with van der Waals surface area (Å²) < 4.78 is 14.7. The van der Waals surface area contributed by atoms with Crippen molar-refractivity contribution in [1.29, 1.82) is 0 Å². The smallest absolute Gasteiger partial charge is 0.262 e. The summed E-state index contributed by atoms with van der Waals surface area (Å²) in [5, 5.41) is 2.65. The maximum absolute atomic E-state index is 13.6. The van der Waals surface area contributed by atoms with Gasteiger partial charge in [-0.25, -0.2) is 9.37 Å². The summed E-state index contributed by atoms with van der Waals surface area (Å²) in [5.74, 6) is -1.78. The third-order valence-electron chi connectivity index (χ3n) is 3.60. The van der Waals surface area contributed by atoms with Gasteiger partial charge < -0.3 is 11.1 Å². The molecule has 3 aromatic rings. The first-order valence-electron chi connectivity index (χ1n) is 7.21. The molecular formula is C16H13FN4O3S. The van der Waals surface area contributed by atoms with Crippen molar-refractivity contribution in [3.05, 3.63) is 57.2 Å². The van der Waals surface area contributed by atoms with E-state index in [1.165, 1.54) is 24.5 Å². The Bertz CT molecular complexity index is 1060. The number of amides is 2. The van der Waals surface area contributed by atoms with Crippen LogP contribution in [0.1, 0.15) is 15.2 Å². The van der Waals surface area contributed by atoms with E-state index < -0.39 is 23.2 Å². The largest absolute Gasteiger partial charge is 0.365 e. The molecule has 0 aliphatic carbocycles. The number of anilines is 1. The van der Waals surface area contributed by atoms with Crippen LogP contribution in [0.3, 0.4) is 0 Å². The fourth-order valence-electron chi connectivity index (χ4n) is 2.41. The topological polar surface area (TPSA) is 107 Å². The summed E-state index contributed by atoms with van der Waals surface area (Å²) in [5.41, 5.74) is 5.28. The molecular weight excluding hydrogens is 347 g/mol. The zero-order valence-corrected chi connectivity index (χ0v) is 13.9. The molecule has 3 rings (SSSR count). The number of primary amides is 1. The molecule has 0 unspecified atom stereocenters. The van der Waals surface area contributed by atoms with Crippen LogP contribution in [-0.2, 0) is 11.3 Å². The standard InChI is InChI=1S/C16H13FN4O3S/c1-8-12-15(25-13(8)14(18)23)19-7-21(16(12)24)6-11(22)20-10-5-3-2-4-9(10)17/h2-5,7H,6H2,1H3,(H2,18,23)(H,20,22). The molecule has 0 aliphatic heterocycles. The SMILES string of the molecule is Cc1c(C(N)=O)sc2ncn(CC(=O)Nc3ccccc3F)c(=O)c12. The van der Waals surface area contributed by atoms with Gasteiger partial charge in [-0.15, -0.1) is 11.3 Å². The summed E-state index contributed by atoms with van der Waals surface area (Å²) in [7, 11) is 0. The molecule has 0 radical (unpaired) electrons. The number of rotatable bonds is 4. The van der Waals surface area contributed by atoms with Gasteiger partial charge in [0, 0.05) is 0 Å². The van der Waals surface area contributed by atoms with Crippen molar-refractivity contribution in [2.24, 2.45) is 5.73 Å². The molecule has 0 bridgehead atoms. The number of aromatic nitrogens is 2. The summed E-state index contributed by atoms with van der Waals surface area (Å²) in [6, 6.07) is 5.72. The maximum Gasteiger partial charge on any atom is 0.262 e. The number of nitrogens with one attached hydrogen (secondary N) is 1. The second kappa shape index (κ2) is 6.44. The van der Waals surface area contributed by atoms with E-state index in [0.29, 0.717) is 10.4 Å². The van der Waals surface area contributed by atoms with Gasteiger partial charge in [-0.05, 0) is 24.6 Å². The van der Waals surface area contributed by atoms with Crippen LogP contribution < -0.4 is 16.6 Å². The van der Waals surface area contributed by atoms with Gasteiger partial charge >= 0.3 is 0 Å². The van der Waals surface area contributed by atoms with E-state index >= 15 is 0 Å². The molecule has 0 spiro atoms. The van der Waals surface area contributed by atoms with Crippen LogP contribution in [0.4, 0.5) is 10.1 Å². The minimum Gasteiger partial charge on any atom is -0.365 e. The molecule has 0 saturated heterocycles. The van der Waals surface area contributed by atoms with E-state index in [9.17, 15) is 18.8 Å². The van der Waals surface area contributed by atoms with Crippen molar-refractivity contribution in [2.45, 2.75) is 13.5 Å². The lowest BCUT2D eigenvalue weighted by atomic mass is 10.2. The molecule has 0 aliphatic rings. The first-order chi connectivity index (χ1) is 11.9. The van der Waals surface area contributed by atoms with E-state index in [4.69, 9.17) is 5.73 Å². The molecule has 9 heteroatoms. The molecule has 25 heavy (non-hydrogen) atoms. The minimum atomic E-state index is -0.635. The fourth-order valence-corrected chi connectivity index (χ4v) is 3.41. The zero-order chi connectivity index (χ0) is 18.1. The van der Waals surface area contributed by atoms with Gasteiger partial charge in [-0.3, -0.25) is 19.0 Å². The molecule has 2 heterocycles. The quantitative estimate of drug-likeness (QED) is 0.737. The van der Waals surface area contributed by atoms with Gasteiger partial charge in [0.1, 0.15) is 17.2 Å². The average molecular weight is 360 g/mol. The third-order valence-corrected chi connectivity index (χ3v) is 4.82. The van der Waals surface area contributed by atoms with Crippen LogP contribution in [0.5, 0.6) is 0 Å². The molecule has 2 amide bonds. The highest BCUT2D eigenvalue weighted by Gasteiger charge is 2.18. The van der Waals surface area contributed by atoms with Crippen LogP contribution in [-0.4, -0.2) is 21.4 Å². The van der Waals surface area contributed by atoms with Gasteiger partial charge in [0.25, 0.3) is 11.5 Å². The number of benzene rings is 1. The highest BCUT2D eigenvalue weighted by atomic mass is 32.1. The van der Waals surface area contributed by atoms with E-state index in [-0.39, 0.29) is 22.5 Å². The lowest BCUT2D eigenvalue weighted by Gasteiger charge is -2.08. The number of hydrogen-bond donors (Lipinski definition) is 2. The van der Waals surface area contributed by atoms with Gasteiger partial charge in [0.05, 0.1) is 22.3 Å². The summed E-state index contributed by atoms with van der Waals surface area (Å²) in [6.07, 6.45) is 1.21. The van der Waals surface area contributed by atoms with E-state index in [0.717, 1.165) is 15.9 Å². The van der Waals surface area contributed by atoms with Crippen molar-refractivity contribution >= 4 is 39.1 Å². The molecule has 0 atom stereocenters. The zero-order valence-electron chi connectivity index (χ0n) is 13.1. The Morgan fingerprint density at radius 1 is 1.36 bits per heavy atom. The Morgan fingerprint density at radius 2 is 2.08 bits per heavy atom. The Hall–Kier alpha value is -3.07. The first-order valence-corrected chi connectivity index (χ1v) is 8.03. The van der Waals surface area contributed by atoms with Crippen molar-refractivity contribution in [1.82, 2.24) is 9.55 Å². The number of carbonyl (C=O) groups is 2. The Kier molecular flexibility index (Phi) is 4.32. The lowest BCUT2D eigenvalue weighted by Crippen LogP contribution is -2.28. The molecule has 128 valence electrons. The fraction of sp³-hybridized carbons (Fsp3) is 0.125. The van der Waals surface area contributed by atoms with Crippen LogP contribution in [0.2, 0.25) is 0 Å².